The zero-order valence-electron chi connectivity index (χ0n) is 11.3. The van der Waals surface area contributed by atoms with E-state index in [9.17, 15) is 5.11 Å². The number of ether oxygens (including phenoxy) is 2. The van der Waals surface area contributed by atoms with Gasteiger partial charge >= 0.3 is 7.12 Å². The number of aliphatic hydroxyl groups excluding tert-OH is 1. The number of nitrogens with zero attached hydrogens (tertiary/aromatic N) is 1. The molecule has 0 radical (unpaired) electrons. The first kappa shape index (κ1) is 15.3. The van der Waals surface area contributed by atoms with Crippen LogP contribution in [0.1, 0.15) is 0 Å². The number of β-amino-alcohol motifs (C(OH)–C–C–N with tert-alkyl or cyclic N) is 1. The third kappa shape index (κ3) is 4.77. The average molecular weight is 281 g/mol. The highest BCUT2D eigenvalue weighted by Crippen LogP contribution is 2.08. The van der Waals surface area contributed by atoms with Gasteiger partial charge in [0.25, 0.3) is 0 Å². The molecule has 1 atom stereocenters. The Bertz CT molecular complexity index is 394. The van der Waals surface area contributed by atoms with Crippen molar-refractivity contribution in [2.24, 2.45) is 0 Å². The quantitative estimate of drug-likeness (QED) is 0.547. The Morgan fingerprint density at radius 1 is 1.20 bits per heavy atom. The smallest absolute Gasteiger partial charge is 0.488 e. The fourth-order valence-corrected chi connectivity index (χ4v) is 2.06. The summed E-state index contributed by atoms with van der Waals surface area (Å²) in [7, 11) is -1.48. The number of rotatable bonds is 6. The van der Waals surface area contributed by atoms with Crippen molar-refractivity contribution < 1.29 is 24.6 Å². The van der Waals surface area contributed by atoms with Crippen molar-refractivity contribution in [3.05, 3.63) is 24.3 Å². The Hall–Kier alpha value is -1.12. The fraction of sp³-hybridized carbons (Fsp3) is 0.538. The Morgan fingerprint density at radius 3 is 2.45 bits per heavy atom. The minimum atomic E-state index is -1.48. The van der Waals surface area contributed by atoms with E-state index in [0.29, 0.717) is 31.0 Å². The van der Waals surface area contributed by atoms with Crippen LogP contribution in [0.25, 0.3) is 0 Å². The molecule has 0 aliphatic carbocycles. The fourth-order valence-electron chi connectivity index (χ4n) is 2.06. The maximum atomic E-state index is 9.92. The molecule has 1 aromatic rings. The summed E-state index contributed by atoms with van der Waals surface area (Å²) in [5.41, 5.74) is 0.409. The van der Waals surface area contributed by atoms with Gasteiger partial charge in [0, 0.05) is 19.6 Å². The molecule has 2 rings (SSSR count). The standard InChI is InChI=1S/C13H20BNO5/c16-12(9-15-5-7-19-8-6-15)10-20-13-3-1-11(2-4-13)14(17)18/h1-4,12,16-18H,5-10H2. The highest BCUT2D eigenvalue weighted by Gasteiger charge is 2.15. The Morgan fingerprint density at radius 2 is 1.85 bits per heavy atom. The van der Waals surface area contributed by atoms with Crippen molar-refractivity contribution >= 4 is 12.6 Å². The predicted octanol–water partition coefficient (Wildman–Crippen LogP) is -1.56. The van der Waals surface area contributed by atoms with Crippen LogP contribution >= 0.6 is 0 Å². The first-order valence-corrected chi connectivity index (χ1v) is 6.72. The van der Waals surface area contributed by atoms with Gasteiger partial charge in [-0.1, -0.05) is 12.1 Å². The molecule has 1 aromatic carbocycles. The second-order valence-electron chi connectivity index (χ2n) is 4.82. The summed E-state index contributed by atoms with van der Waals surface area (Å²) in [6.45, 7) is 3.85. The Balaban J connectivity index is 1.73. The van der Waals surface area contributed by atoms with Crippen LogP contribution in [0.2, 0.25) is 0 Å². The monoisotopic (exact) mass is 281 g/mol. The summed E-state index contributed by atoms with van der Waals surface area (Å²) in [6.07, 6.45) is -0.559. The summed E-state index contributed by atoms with van der Waals surface area (Å²) in [5, 5.41) is 27.9. The van der Waals surface area contributed by atoms with Crippen molar-refractivity contribution in [3.8, 4) is 5.75 Å². The molecule has 1 aliphatic heterocycles. The van der Waals surface area contributed by atoms with Crippen LogP contribution in [-0.4, -0.2) is 72.7 Å². The van der Waals surface area contributed by atoms with Crippen molar-refractivity contribution in [1.29, 1.82) is 0 Å². The van der Waals surface area contributed by atoms with Gasteiger partial charge in [0.15, 0.2) is 0 Å². The molecule has 1 saturated heterocycles. The molecule has 110 valence electrons. The maximum Gasteiger partial charge on any atom is 0.488 e. The molecule has 0 aromatic heterocycles. The lowest BCUT2D eigenvalue weighted by molar-refractivity contribution is 0.00465. The summed E-state index contributed by atoms with van der Waals surface area (Å²) in [6, 6.07) is 6.45. The van der Waals surface area contributed by atoms with E-state index in [1.54, 1.807) is 24.3 Å². The largest absolute Gasteiger partial charge is 0.491 e. The van der Waals surface area contributed by atoms with Gasteiger partial charge in [0.2, 0.25) is 0 Å². The molecule has 7 heteroatoms. The van der Waals surface area contributed by atoms with Gasteiger partial charge in [-0.3, -0.25) is 4.90 Å². The molecule has 0 spiro atoms. The van der Waals surface area contributed by atoms with Crippen LogP contribution in [0.15, 0.2) is 24.3 Å². The van der Waals surface area contributed by atoms with Crippen molar-refractivity contribution in [1.82, 2.24) is 4.90 Å². The summed E-state index contributed by atoms with van der Waals surface area (Å²) in [5.74, 6) is 0.593. The second-order valence-corrected chi connectivity index (χ2v) is 4.82. The van der Waals surface area contributed by atoms with Crippen LogP contribution in [0, 0.1) is 0 Å². The van der Waals surface area contributed by atoms with E-state index < -0.39 is 13.2 Å². The highest BCUT2D eigenvalue weighted by molar-refractivity contribution is 6.58. The van der Waals surface area contributed by atoms with E-state index in [1.807, 2.05) is 0 Å². The second kappa shape index (κ2) is 7.61. The van der Waals surface area contributed by atoms with Crippen LogP contribution in [0.5, 0.6) is 5.75 Å². The number of benzene rings is 1. The molecular formula is C13H20BNO5. The van der Waals surface area contributed by atoms with Crippen LogP contribution < -0.4 is 10.2 Å². The molecule has 20 heavy (non-hydrogen) atoms. The normalized spacial score (nSPS) is 17.8. The van der Waals surface area contributed by atoms with Gasteiger partial charge in [0.1, 0.15) is 18.5 Å². The molecule has 1 fully saturated rings. The lowest BCUT2D eigenvalue weighted by Crippen LogP contribution is -2.42. The summed E-state index contributed by atoms with van der Waals surface area (Å²) >= 11 is 0. The van der Waals surface area contributed by atoms with Gasteiger partial charge in [-0.25, -0.2) is 0 Å². The zero-order valence-corrected chi connectivity index (χ0v) is 11.3. The molecule has 1 unspecified atom stereocenters. The van der Waals surface area contributed by atoms with Crippen LogP contribution in [0.3, 0.4) is 0 Å². The van der Waals surface area contributed by atoms with Crippen molar-refractivity contribution in [2.75, 3.05) is 39.5 Å². The number of hydrogen-bond acceptors (Lipinski definition) is 6. The third-order valence-electron chi connectivity index (χ3n) is 3.19. The van der Waals surface area contributed by atoms with E-state index in [0.717, 1.165) is 13.1 Å². The van der Waals surface area contributed by atoms with Gasteiger partial charge in [0.05, 0.1) is 13.2 Å². The van der Waals surface area contributed by atoms with Gasteiger partial charge in [-0.15, -0.1) is 0 Å². The van der Waals surface area contributed by atoms with Crippen molar-refractivity contribution in [2.45, 2.75) is 6.10 Å². The van der Waals surface area contributed by atoms with Gasteiger partial charge in [-0.2, -0.15) is 0 Å². The molecule has 1 aliphatic rings. The van der Waals surface area contributed by atoms with Crippen LogP contribution in [-0.2, 0) is 4.74 Å². The maximum absolute atomic E-state index is 9.92. The lowest BCUT2D eigenvalue weighted by Gasteiger charge is -2.28. The molecule has 0 bridgehead atoms. The first-order valence-electron chi connectivity index (χ1n) is 6.72. The van der Waals surface area contributed by atoms with Crippen LogP contribution in [0.4, 0.5) is 0 Å². The topological polar surface area (TPSA) is 82.4 Å². The van der Waals surface area contributed by atoms with E-state index in [1.165, 1.54) is 0 Å². The molecule has 6 nitrogen and oxygen atoms in total. The average Bonchev–Trinajstić information content (AvgIpc) is 2.46. The van der Waals surface area contributed by atoms with Crippen molar-refractivity contribution in [3.63, 3.8) is 0 Å². The SMILES string of the molecule is OB(O)c1ccc(OCC(O)CN2CCOCC2)cc1. The number of hydrogen-bond donors (Lipinski definition) is 3. The molecule has 3 N–H and O–H groups in total. The Kier molecular flexibility index (Phi) is 5.81. The van der Waals surface area contributed by atoms with E-state index in [2.05, 4.69) is 4.90 Å². The molecular weight excluding hydrogens is 261 g/mol. The van der Waals surface area contributed by atoms with Gasteiger partial charge in [-0.05, 0) is 17.6 Å². The lowest BCUT2D eigenvalue weighted by atomic mass is 9.80. The summed E-state index contributed by atoms with van der Waals surface area (Å²) < 4.78 is 10.7. The number of morpholine rings is 1. The Labute approximate surface area is 118 Å². The minimum Gasteiger partial charge on any atom is -0.491 e. The van der Waals surface area contributed by atoms with E-state index in [4.69, 9.17) is 19.5 Å². The minimum absolute atomic E-state index is 0.207. The van der Waals surface area contributed by atoms with E-state index >= 15 is 0 Å². The molecule has 1 heterocycles. The molecule has 0 saturated carbocycles. The molecule has 0 amide bonds. The zero-order chi connectivity index (χ0) is 14.4. The summed E-state index contributed by atoms with van der Waals surface area (Å²) in [4.78, 5) is 2.14. The predicted molar refractivity (Wildman–Crippen MR) is 75.0 cm³/mol. The highest BCUT2D eigenvalue weighted by atomic mass is 16.5. The van der Waals surface area contributed by atoms with Gasteiger partial charge < -0.3 is 24.6 Å². The number of aliphatic hydroxyl groups is 1. The van der Waals surface area contributed by atoms with E-state index in [-0.39, 0.29) is 6.61 Å². The first-order chi connectivity index (χ1) is 9.65. The third-order valence-corrected chi connectivity index (χ3v) is 3.19.